The van der Waals surface area contributed by atoms with Crippen molar-refractivity contribution in [1.82, 2.24) is 5.32 Å². The molecule has 0 aromatic heterocycles. The van der Waals surface area contributed by atoms with Gasteiger partial charge in [0.2, 0.25) is 5.91 Å². The Bertz CT molecular complexity index is 2600. The number of nitro benzene ring substituents is 1. The average Bonchev–Trinajstić information content (AvgIpc) is 3.26. The summed E-state index contributed by atoms with van der Waals surface area (Å²) in [5.74, 6) is -6.22. The number of anilines is 4. The summed E-state index contributed by atoms with van der Waals surface area (Å²) >= 11 is 0. The van der Waals surface area contributed by atoms with Gasteiger partial charge in [0, 0.05) is 47.3 Å². The molecule has 5 amide bonds. The molecule has 0 saturated heterocycles. The van der Waals surface area contributed by atoms with E-state index in [1.807, 2.05) is 0 Å². The number of non-ortho nitro benzene ring substituents is 1. The average molecular weight is 863 g/mol. The molecule has 0 saturated carbocycles. The first-order chi connectivity index (χ1) is 30.0. The van der Waals surface area contributed by atoms with Crippen molar-refractivity contribution in [2.45, 2.75) is 19.1 Å². The zero-order valence-electron chi connectivity index (χ0n) is 33.7. The summed E-state index contributed by atoms with van der Waals surface area (Å²) < 4.78 is 15.7. The molecule has 324 valence electrons. The van der Waals surface area contributed by atoms with Crippen molar-refractivity contribution in [2.75, 3.05) is 42.6 Å². The van der Waals surface area contributed by atoms with E-state index in [0.29, 0.717) is 5.69 Å². The SMILES string of the molecule is COc1cc(C(=O)O)ccc1NC(=O)c1ccc(NC(=O)c2ccc(NC(=O)C(NC(=O)c3ccc(NC(=O)c4ccc([N+](=O)[O-])cc4)cc3)C(OC)C(C)=O)cc2)c(OC)c1O. The van der Waals surface area contributed by atoms with Crippen LogP contribution in [0.3, 0.4) is 0 Å². The highest BCUT2D eigenvalue weighted by Gasteiger charge is 2.34. The maximum Gasteiger partial charge on any atom is 0.335 e. The number of aromatic hydroxyl groups is 1. The van der Waals surface area contributed by atoms with E-state index in [1.165, 1.54) is 131 Å². The Labute approximate surface area is 357 Å². The number of hydrogen-bond acceptors (Lipinski definition) is 13. The van der Waals surface area contributed by atoms with Crippen LogP contribution in [0.15, 0.2) is 103 Å². The number of phenols is 1. The number of nitro groups is 1. The molecule has 2 unspecified atom stereocenters. The Morgan fingerprint density at radius 1 is 0.619 bits per heavy atom. The molecule has 0 spiro atoms. The molecule has 0 aliphatic rings. The molecule has 5 rings (SSSR count). The number of amides is 5. The number of carboxylic acids is 1. The van der Waals surface area contributed by atoms with Crippen molar-refractivity contribution in [3.8, 4) is 17.2 Å². The number of ketones is 1. The second-order valence-electron chi connectivity index (χ2n) is 13.3. The van der Waals surface area contributed by atoms with Gasteiger partial charge in [-0.1, -0.05) is 0 Å². The summed E-state index contributed by atoms with van der Waals surface area (Å²) in [6, 6.07) is 20.8. The number of carbonyl (C=O) groups is 7. The molecular weight excluding hydrogens is 825 g/mol. The Hall–Kier alpha value is -8.65. The van der Waals surface area contributed by atoms with Crippen LogP contribution in [0.1, 0.15) is 58.7 Å². The van der Waals surface area contributed by atoms with Crippen LogP contribution >= 0.6 is 0 Å². The molecule has 63 heavy (non-hydrogen) atoms. The lowest BCUT2D eigenvalue weighted by Gasteiger charge is -2.24. The predicted molar refractivity (Wildman–Crippen MR) is 226 cm³/mol. The van der Waals surface area contributed by atoms with E-state index < -0.39 is 64.1 Å². The van der Waals surface area contributed by atoms with Crippen LogP contribution in [-0.2, 0) is 14.3 Å². The molecule has 0 radical (unpaired) electrons. The van der Waals surface area contributed by atoms with E-state index in [2.05, 4.69) is 26.6 Å². The van der Waals surface area contributed by atoms with E-state index in [4.69, 9.17) is 14.2 Å². The maximum absolute atomic E-state index is 13.5. The lowest BCUT2D eigenvalue weighted by molar-refractivity contribution is -0.384. The van der Waals surface area contributed by atoms with Crippen molar-refractivity contribution < 1.29 is 62.9 Å². The summed E-state index contributed by atoms with van der Waals surface area (Å²) in [6.07, 6.45) is -1.41. The molecule has 0 fully saturated rings. The van der Waals surface area contributed by atoms with Crippen LogP contribution in [0.5, 0.6) is 17.2 Å². The number of carbonyl (C=O) groups excluding carboxylic acids is 6. The smallest absolute Gasteiger partial charge is 0.335 e. The first-order valence-electron chi connectivity index (χ1n) is 18.4. The molecule has 0 bridgehead atoms. The van der Waals surface area contributed by atoms with Gasteiger partial charge in [0.1, 0.15) is 17.9 Å². The second kappa shape index (κ2) is 20.1. The minimum Gasteiger partial charge on any atom is -0.504 e. The zero-order valence-corrected chi connectivity index (χ0v) is 33.7. The molecular formula is C43H38N6O14. The molecule has 0 aliphatic heterocycles. The van der Waals surface area contributed by atoms with Gasteiger partial charge in [-0.05, 0) is 97.9 Å². The minimum absolute atomic E-state index is 0.00705. The number of rotatable bonds is 17. The maximum atomic E-state index is 13.5. The first kappa shape index (κ1) is 45.4. The topological polar surface area (TPSA) is 291 Å². The fraction of sp³-hybridized carbons (Fsp3) is 0.140. The zero-order chi connectivity index (χ0) is 46.0. The van der Waals surface area contributed by atoms with Gasteiger partial charge in [-0.25, -0.2) is 4.79 Å². The van der Waals surface area contributed by atoms with Gasteiger partial charge < -0.3 is 51.0 Å². The summed E-state index contributed by atoms with van der Waals surface area (Å²) in [6.45, 7) is 1.18. The van der Waals surface area contributed by atoms with Gasteiger partial charge in [-0.3, -0.25) is 38.9 Å². The Morgan fingerprint density at radius 2 is 1.13 bits per heavy atom. The largest absolute Gasteiger partial charge is 0.504 e. The van der Waals surface area contributed by atoms with E-state index in [0.717, 1.165) is 0 Å². The Morgan fingerprint density at radius 3 is 1.65 bits per heavy atom. The summed E-state index contributed by atoms with van der Waals surface area (Å²) in [5.41, 5.74) is 0.377. The Kier molecular flexibility index (Phi) is 14.5. The standard InChI is InChI=1S/C43H38N6O14/c1-22(50)36(62-3)34(48-40(54)24-7-12-27(13-8-24)44-38(52)25-9-16-29(17-10-25)49(59)60)42(56)45-28-14-5-23(6-15-28)39(53)47-32-20-18-30(35(51)37(32)63-4)41(55)46-31-19-11-26(43(57)58)21-33(31)61-2/h5-21,34,36,51H,1-4H3,(H,44,52)(H,45,56)(H,46,55)(H,47,53)(H,48,54)(H,57,58). The fourth-order valence-corrected chi connectivity index (χ4v) is 5.98. The number of aromatic carboxylic acids is 1. The minimum atomic E-state index is -1.53. The van der Waals surface area contributed by atoms with E-state index in [1.54, 1.807) is 0 Å². The van der Waals surface area contributed by atoms with Gasteiger partial charge >= 0.3 is 5.97 Å². The number of benzene rings is 5. The van der Waals surface area contributed by atoms with E-state index in [9.17, 15) is 53.9 Å². The normalized spacial score (nSPS) is 11.5. The molecule has 0 heterocycles. The van der Waals surface area contributed by atoms with Crippen molar-refractivity contribution in [3.63, 3.8) is 0 Å². The lowest BCUT2D eigenvalue weighted by Crippen LogP contribution is -2.54. The van der Waals surface area contributed by atoms with Crippen LogP contribution in [-0.4, -0.2) is 89.9 Å². The number of ether oxygens (including phenoxy) is 3. The van der Waals surface area contributed by atoms with E-state index in [-0.39, 0.29) is 62.1 Å². The van der Waals surface area contributed by atoms with Crippen molar-refractivity contribution >= 4 is 69.7 Å². The van der Waals surface area contributed by atoms with Gasteiger partial charge in [0.15, 0.2) is 17.3 Å². The van der Waals surface area contributed by atoms with Gasteiger partial charge in [-0.15, -0.1) is 0 Å². The quantitative estimate of drug-likeness (QED) is 0.0472. The predicted octanol–water partition coefficient (Wildman–Crippen LogP) is 5.11. The van der Waals surface area contributed by atoms with Crippen molar-refractivity contribution in [1.29, 1.82) is 0 Å². The number of nitrogens with one attached hydrogen (secondary N) is 5. The molecule has 5 aromatic carbocycles. The van der Waals surface area contributed by atoms with Crippen molar-refractivity contribution in [3.05, 3.63) is 141 Å². The molecule has 20 nitrogen and oxygen atoms in total. The van der Waals surface area contributed by atoms with Crippen LogP contribution in [0.4, 0.5) is 28.4 Å². The monoisotopic (exact) mass is 862 g/mol. The molecule has 2 atom stereocenters. The highest BCUT2D eigenvalue weighted by atomic mass is 16.6. The fourth-order valence-electron chi connectivity index (χ4n) is 5.98. The first-order valence-corrected chi connectivity index (χ1v) is 18.4. The number of phenolic OH excluding ortho intramolecular Hbond substituents is 1. The summed E-state index contributed by atoms with van der Waals surface area (Å²) in [7, 11) is 3.68. The highest BCUT2D eigenvalue weighted by molar-refractivity contribution is 6.10. The van der Waals surface area contributed by atoms with Gasteiger partial charge in [-0.2, -0.15) is 0 Å². The summed E-state index contributed by atoms with van der Waals surface area (Å²) in [5, 5.41) is 43.9. The molecule has 0 aliphatic carbocycles. The van der Waals surface area contributed by atoms with E-state index >= 15 is 0 Å². The number of carboxylic acid groups (broad SMARTS) is 1. The van der Waals surface area contributed by atoms with Crippen LogP contribution < -0.4 is 36.1 Å². The number of methoxy groups -OCH3 is 3. The summed E-state index contributed by atoms with van der Waals surface area (Å²) in [4.78, 5) is 99.9. The van der Waals surface area contributed by atoms with Crippen LogP contribution in [0.25, 0.3) is 0 Å². The lowest BCUT2D eigenvalue weighted by atomic mass is 10.0. The highest BCUT2D eigenvalue weighted by Crippen LogP contribution is 2.38. The van der Waals surface area contributed by atoms with Crippen molar-refractivity contribution in [2.24, 2.45) is 0 Å². The Balaban J connectivity index is 1.23. The third-order valence-corrected chi connectivity index (χ3v) is 9.21. The molecule has 5 aromatic rings. The third kappa shape index (κ3) is 10.9. The number of Topliss-reactive ketones (excluding diaryl/α,β-unsaturated/α-hetero) is 1. The van der Waals surface area contributed by atoms with Gasteiger partial charge in [0.05, 0.1) is 41.6 Å². The van der Waals surface area contributed by atoms with Crippen LogP contribution in [0.2, 0.25) is 0 Å². The third-order valence-electron chi connectivity index (χ3n) is 9.21. The number of nitrogens with zero attached hydrogens (tertiary/aromatic N) is 1. The van der Waals surface area contributed by atoms with Crippen LogP contribution in [0, 0.1) is 10.1 Å². The molecule has 7 N–H and O–H groups in total. The number of hydrogen-bond donors (Lipinski definition) is 7. The van der Waals surface area contributed by atoms with Gasteiger partial charge in [0.25, 0.3) is 29.3 Å². The molecule has 20 heteroatoms. The second-order valence-corrected chi connectivity index (χ2v) is 13.3.